The number of aldehydes is 1. The van der Waals surface area contributed by atoms with Crippen molar-refractivity contribution in [2.75, 3.05) is 4.72 Å². The van der Waals surface area contributed by atoms with E-state index in [1.807, 2.05) is 6.92 Å². The molecule has 0 fully saturated rings. The molecule has 0 atom stereocenters. The number of rotatable bonds is 4. The van der Waals surface area contributed by atoms with Crippen LogP contribution < -0.4 is 4.72 Å². The number of halogens is 2. The van der Waals surface area contributed by atoms with Crippen molar-refractivity contribution in [3.05, 3.63) is 63.8 Å². The van der Waals surface area contributed by atoms with Crippen molar-refractivity contribution in [1.82, 2.24) is 4.98 Å². The predicted octanol–water partition coefficient (Wildman–Crippen LogP) is 4.46. The van der Waals surface area contributed by atoms with Gasteiger partial charge in [0.25, 0.3) is 10.0 Å². The Morgan fingerprint density at radius 3 is 2.36 bits per heavy atom. The van der Waals surface area contributed by atoms with Gasteiger partial charge in [-0.3, -0.25) is 9.52 Å². The van der Waals surface area contributed by atoms with E-state index in [1.165, 1.54) is 24.3 Å². The van der Waals surface area contributed by atoms with Crippen LogP contribution in [0.3, 0.4) is 0 Å². The van der Waals surface area contributed by atoms with E-state index in [-0.39, 0.29) is 26.8 Å². The van der Waals surface area contributed by atoms with Gasteiger partial charge in [-0.1, -0.05) is 40.9 Å². The van der Waals surface area contributed by atoms with Gasteiger partial charge >= 0.3 is 0 Å². The van der Waals surface area contributed by atoms with E-state index in [0.717, 1.165) is 5.56 Å². The van der Waals surface area contributed by atoms with Crippen LogP contribution >= 0.6 is 23.2 Å². The number of aryl methyl sites for hydroxylation is 1. The second-order valence-corrected chi connectivity index (χ2v) is 7.88. The molecule has 0 spiro atoms. The fourth-order valence-electron chi connectivity index (χ4n) is 2.31. The zero-order valence-electron chi connectivity index (χ0n) is 13.0. The average molecular weight is 395 g/mol. The van der Waals surface area contributed by atoms with Crippen LogP contribution in [0.5, 0.6) is 0 Å². The highest BCUT2D eigenvalue weighted by molar-refractivity contribution is 7.92. The lowest BCUT2D eigenvalue weighted by Crippen LogP contribution is -2.14. The van der Waals surface area contributed by atoms with Gasteiger partial charge in [0.05, 0.1) is 26.1 Å². The van der Waals surface area contributed by atoms with Crippen molar-refractivity contribution < 1.29 is 13.2 Å². The van der Waals surface area contributed by atoms with E-state index < -0.39 is 10.0 Å². The van der Waals surface area contributed by atoms with E-state index in [2.05, 4.69) is 9.71 Å². The second kappa shape index (κ2) is 6.63. The SMILES string of the molecule is Cc1ccc(S(=O)(=O)Nc2c(Cl)cc(Cl)c3ccc(C=O)nc23)cc1. The second-order valence-electron chi connectivity index (χ2n) is 5.38. The lowest BCUT2D eigenvalue weighted by molar-refractivity contribution is 0.111. The first-order valence-electron chi connectivity index (χ1n) is 7.15. The number of hydrogen-bond acceptors (Lipinski definition) is 4. The van der Waals surface area contributed by atoms with Crippen molar-refractivity contribution in [3.8, 4) is 0 Å². The molecule has 0 aliphatic rings. The van der Waals surface area contributed by atoms with Gasteiger partial charge in [-0.2, -0.15) is 0 Å². The van der Waals surface area contributed by atoms with Crippen LogP contribution in [0.2, 0.25) is 10.0 Å². The monoisotopic (exact) mass is 394 g/mol. The Labute approximate surface area is 154 Å². The van der Waals surface area contributed by atoms with E-state index in [4.69, 9.17) is 23.2 Å². The van der Waals surface area contributed by atoms with E-state index >= 15 is 0 Å². The highest BCUT2D eigenvalue weighted by Gasteiger charge is 2.20. The standard InChI is InChI=1S/C17H12Cl2N2O3S/c1-10-2-5-12(6-3-10)25(23,24)21-17-15(19)8-14(18)13-7-4-11(9-22)20-16(13)17/h2-9,21H,1H3. The zero-order valence-corrected chi connectivity index (χ0v) is 15.3. The van der Waals surface area contributed by atoms with Crippen LogP contribution in [0.15, 0.2) is 47.4 Å². The number of hydrogen-bond donors (Lipinski definition) is 1. The fourth-order valence-corrected chi connectivity index (χ4v) is 4.01. The fraction of sp³-hybridized carbons (Fsp3) is 0.0588. The van der Waals surface area contributed by atoms with Crippen LogP contribution in [0.4, 0.5) is 5.69 Å². The molecule has 25 heavy (non-hydrogen) atoms. The maximum atomic E-state index is 12.6. The van der Waals surface area contributed by atoms with Crippen LogP contribution in [-0.2, 0) is 10.0 Å². The minimum absolute atomic E-state index is 0.0744. The number of anilines is 1. The number of pyridine rings is 1. The molecular formula is C17H12Cl2N2O3S. The van der Waals surface area contributed by atoms with Gasteiger partial charge < -0.3 is 0 Å². The summed E-state index contributed by atoms with van der Waals surface area (Å²) in [5.41, 5.74) is 1.36. The highest BCUT2D eigenvalue weighted by Crippen LogP contribution is 2.36. The quantitative estimate of drug-likeness (QED) is 0.662. The number of fused-ring (bicyclic) bond motifs is 1. The van der Waals surface area contributed by atoms with Crippen molar-refractivity contribution in [2.45, 2.75) is 11.8 Å². The number of carbonyl (C=O) groups is 1. The first kappa shape index (κ1) is 17.7. The summed E-state index contributed by atoms with van der Waals surface area (Å²) in [4.78, 5) is 15.2. The summed E-state index contributed by atoms with van der Waals surface area (Å²) in [6.07, 6.45) is 0.562. The maximum Gasteiger partial charge on any atom is 0.262 e. The highest BCUT2D eigenvalue weighted by atomic mass is 35.5. The average Bonchev–Trinajstić information content (AvgIpc) is 2.58. The Balaban J connectivity index is 2.18. The van der Waals surface area contributed by atoms with E-state index in [1.54, 1.807) is 18.2 Å². The normalized spacial score (nSPS) is 11.5. The van der Waals surface area contributed by atoms with E-state index in [0.29, 0.717) is 16.7 Å². The molecule has 3 rings (SSSR count). The van der Waals surface area contributed by atoms with Crippen molar-refractivity contribution >= 4 is 56.1 Å². The number of aromatic nitrogens is 1. The first-order chi connectivity index (χ1) is 11.8. The summed E-state index contributed by atoms with van der Waals surface area (Å²) in [6.45, 7) is 1.86. The lowest BCUT2D eigenvalue weighted by Gasteiger charge is -2.13. The number of nitrogens with zero attached hydrogens (tertiary/aromatic N) is 1. The minimum Gasteiger partial charge on any atom is -0.296 e. The molecule has 0 bridgehead atoms. The molecule has 8 heteroatoms. The molecule has 0 unspecified atom stereocenters. The predicted molar refractivity (Wildman–Crippen MR) is 99.1 cm³/mol. The van der Waals surface area contributed by atoms with Crippen LogP contribution in [0, 0.1) is 6.92 Å². The molecule has 128 valence electrons. The minimum atomic E-state index is -3.88. The molecule has 0 radical (unpaired) electrons. The summed E-state index contributed by atoms with van der Waals surface area (Å²) in [6, 6.07) is 10.9. The Morgan fingerprint density at radius 1 is 1.04 bits per heavy atom. The lowest BCUT2D eigenvalue weighted by atomic mass is 10.2. The zero-order chi connectivity index (χ0) is 18.2. The molecule has 1 aromatic heterocycles. The van der Waals surface area contributed by atoms with E-state index in [9.17, 15) is 13.2 Å². The van der Waals surface area contributed by atoms with Crippen molar-refractivity contribution in [2.24, 2.45) is 0 Å². The Hall–Kier alpha value is -2.15. The molecule has 0 saturated carbocycles. The summed E-state index contributed by atoms with van der Waals surface area (Å²) in [7, 11) is -3.88. The summed E-state index contributed by atoms with van der Waals surface area (Å²) in [5, 5.41) is 0.880. The largest absolute Gasteiger partial charge is 0.296 e. The van der Waals surface area contributed by atoms with Gasteiger partial charge in [0.15, 0.2) is 6.29 Å². The molecular weight excluding hydrogens is 383 g/mol. The summed E-state index contributed by atoms with van der Waals surface area (Å²) >= 11 is 12.3. The van der Waals surface area contributed by atoms with Gasteiger partial charge in [0, 0.05) is 5.39 Å². The summed E-state index contributed by atoms with van der Waals surface area (Å²) in [5.74, 6) is 0. The molecule has 1 N–H and O–H groups in total. The number of carbonyl (C=O) groups excluding carboxylic acids is 1. The van der Waals surface area contributed by atoms with Crippen molar-refractivity contribution in [3.63, 3.8) is 0 Å². The van der Waals surface area contributed by atoms with Crippen molar-refractivity contribution in [1.29, 1.82) is 0 Å². The van der Waals surface area contributed by atoms with Gasteiger partial charge in [0.2, 0.25) is 0 Å². The third-order valence-corrected chi connectivity index (χ3v) is 5.57. The third kappa shape index (κ3) is 3.46. The molecule has 1 heterocycles. The summed E-state index contributed by atoms with van der Waals surface area (Å²) < 4.78 is 27.7. The Morgan fingerprint density at radius 2 is 1.72 bits per heavy atom. The van der Waals surface area contributed by atoms with Gasteiger partial charge in [0.1, 0.15) is 5.69 Å². The van der Waals surface area contributed by atoms with Gasteiger partial charge in [-0.25, -0.2) is 13.4 Å². The first-order valence-corrected chi connectivity index (χ1v) is 9.39. The molecule has 0 aliphatic heterocycles. The van der Waals surface area contributed by atoms with Gasteiger partial charge in [-0.15, -0.1) is 0 Å². The number of sulfonamides is 1. The molecule has 5 nitrogen and oxygen atoms in total. The molecule has 2 aromatic carbocycles. The molecule has 3 aromatic rings. The smallest absolute Gasteiger partial charge is 0.262 e. The Bertz CT molecular complexity index is 1080. The topological polar surface area (TPSA) is 76.1 Å². The Kier molecular flexibility index (Phi) is 4.69. The van der Waals surface area contributed by atoms with Crippen LogP contribution in [-0.4, -0.2) is 19.7 Å². The van der Waals surface area contributed by atoms with Crippen LogP contribution in [0.1, 0.15) is 16.1 Å². The number of nitrogens with one attached hydrogen (secondary N) is 1. The number of benzene rings is 2. The third-order valence-electron chi connectivity index (χ3n) is 3.59. The molecule has 0 aliphatic carbocycles. The molecule has 0 amide bonds. The van der Waals surface area contributed by atoms with Gasteiger partial charge in [-0.05, 0) is 37.3 Å². The molecule has 0 saturated heterocycles. The maximum absolute atomic E-state index is 12.6. The van der Waals surface area contributed by atoms with Crippen LogP contribution in [0.25, 0.3) is 10.9 Å².